The van der Waals surface area contributed by atoms with Gasteiger partial charge in [-0.1, -0.05) is 54.6 Å². The zero-order chi connectivity index (χ0) is 21.1. The maximum Gasteiger partial charge on any atom is 0.219 e. The Bertz CT molecular complexity index is 1040. The molecule has 0 bridgehead atoms. The van der Waals surface area contributed by atoms with Crippen LogP contribution in [0, 0.1) is 13.8 Å². The Hall–Kier alpha value is -3.21. The fourth-order valence-electron chi connectivity index (χ4n) is 4.00. The maximum atomic E-state index is 11.8. The number of carbonyl (C=O) groups excluding carboxylic acids is 1. The minimum absolute atomic E-state index is 0.138. The molecule has 0 unspecified atom stereocenters. The summed E-state index contributed by atoms with van der Waals surface area (Å²) < 4.78 is 0. The first kappa shape index (κ1) is 20.1. The molecule has 0 atom stereocenters. The molecule has 0 spiro atoms. The molecule has 1 fully saturated rings. The van der Waals surface area contributed by atoms with Crippen LogP contribution >= 0.6 is 0 Å². The smallest absolute Gasteiger partial charge is 0.219 e. The van der Waals surface area contributed by atoms with Crippen molar-refractivity contribution in [3.63, 3.8) is 0 Å². The third-order valence-electron chi connectivity index (χ3n) is 5.88. The van der Waals surface area contributed by atoms with E-state index < -0.39 is 0 Å². The van der Waals surface area contributed by atoms with E-state index in [9.17, 15) is 4.79 Å². The van der Waals surface area contributed by atoms with Crippen LogP contribution < -0.4 is 4.90 Å². The summed E-state index contributed by atoms with van der Waals surface area (Å²) in [6.45, 7) is 8.88. The molecule has 0 N–H and O–H groups in total. The predicted molar refractivity (Wildman–Crippen MR) is 121 cm³/mol. The highest BCUT2D eigenvalue weighted by atomic mass is 16.2. The molecule has 0 radical (unpaired) electrons. The Morgan fingerprint density at radius 2 is 1.57 bits per heavy atom. The molecular formula is C25H28N4O. The minimum atomic E-state index is 0.138. The summed E-state index contributed by atoms with van der Waals surface area (Å²) in [5.74, 6) is 1.89. The molecule has 2 heterocycles. The molecule has 154 valence electrons. The van der Waals surface area contributed by atoms with Gasteiger partial charge in [0.05, 0.1) is 0 Å². The van der Waals surface area contributed by atoms with Gasteiger partial charge in [0, 0.05) is 56.3 Å². The Kier molecular flexibility index (Phi) is 5.79. The molecule has 5 nitrogen and oxygen atoms in total. The van der Waals surface area contributed by atoms with E-state index in [-0.39, 0.29) is 5.91 Å². The number of benzene rings is 2. The second-order valence-corrected chi connectivity index (χ2v) is 7.90. The molecule has 1 aliphatic rings. The number of amides is 1. The lowest BCUT2D eigenvalue weighted by Crippen LogP contribution is -2.48. The van der Waals surface area contributed by atoms with Crippen LogP contribution in [-0.2, 0) is 11.2 Å². The Morgan fingerprint density at radius 3 is 2.23 bits per heavy atom. The van der Waals surface area contributed by atoms with E-state index in [1.165, 1.54) is 16.7 Å². The fraction of sp³-hybridized carbons (Fsp3) is 0.320. The van der Waals surface area contributed by atoms with E-state index >= 15 is 0 Å². The van der Waals surface area contributed by atoms with Gasteiger partial charge in [-0.3, -0.25) is 4.79 Å². The first-order valence-electron chi connectivity index (χ1n) is 10.5. The summed E-state index contributed by atoms with van der Waals surface area (Å²) >= 11 is 0. The average Bonchev–Trinajstić information content (AvgIpc) is 2.77. The first-order chi connectivity index (χ1) is 14.5. The minimum Gasteiger partial charge on any atom is -0.353 e. The zero-order valence-electron chi connectivity index (χ0n) is 17.9. The van der Waals surface area contributed by atoms with Crippen LogP contribution in [0.2, 0.25) is 0 Å². The van der Waals surface area contributed by atoms with Crippen LogP contribution in [0.3, 0.4) is 0 Å². The highest BCUT2D eigenvalue weighted by Gasteiger charge is 2.24. The highest BCUT2D eigenvalue weighted by Crippen LogP contribution is 2.29. The van der Waals surface area contributed by atoms with E-state index in [1.54, 1.807) is 6.92 Å². The number of aromatic nitrogens is 2. The first-order valence-corrected chi connectivity index (χ1v) is 10.5. The average molecular weight is 401 g/mol. The normalized spacial score (nSPS) is 14.1. The largest absolute Gasteiger partial charge is 0.353 e. The van der Waals surface area contributed by atoms with Crippen LogP contribution in [0.15, 0.2) is 54.6 Å². The quantitative estimate of drug-likeness (QED) is 0.664. The van der Waals surface area contributed by atoms with Gasteiger partial charge in [0.2, 0.25) is 5.91 Å². The van der Waals surface area contributed by atoms with E-state index in [0.717, 1.165) is 55.5 Å². The SMILES string of the molecule is CC(=O)N1CCN(c2nc(-c3ccccc3)nc(C)c2Cc2ccccc2C)CC1. The van der Waals surface area contributed by atoms with Gasteiger partial charge in [0.15, 0.2) is 5.82 Å². The van der Waals surface area contributed by atoms with Crippen molar-refractivity contribution in [3.8, 4) is 11.4 Å². The Balaban J connectivity index is 1.75. The second-order valence-electron chi connectivity index (χ2n) is 7.90. The van der Waals surface area contributed by atoms with Gasteiger partial charge >= 0.3 is 0 Å². The number of piperazine rings is 1. The third-order valence-corrected chi connectivity index (χ3v) is 5.88. The van der Waals surface area contributed by atoms with Crippen LogP contribution in [0.25, 0.3) is 11.4 Å². The summed E-state index contributed by atoms with van der Waals surface area (Å²) in [5.41, 5.74) is 5.76. The summed E-state index contributed by atoms with van der Waals surface area (Å²) in [6, 6.07) is 18.6. The zero-order valence-corrected chi connectivity index (χ0v) is 17.9. The Morgan fingerprint density at radius 1 is 0.900 bits per heavy atom. The molecule has 1 aliphatic heterocycles. The molecule has 0 aliphatic carbocycles. The lowest BCUT2D eigenvalue weighted by molar-refractivity contribution is -0.129. The van der Waals surface area contributed by atoms with Crippen LogP contribution in [0.4, 0.5) is 5.82 Å². The lowest BCUT2D eigenvalue weighted by atomic mass is 9.99. The summed E-state index contributed by atoms with van der Waals surface area (Å²) in [5, 5.41) is 0. The van der Waals surface area contributed by atoms with Gasteiger partial charge in [-0.25, -0.2) is 9.97 Å². The lowest BCUT2D eigenvalue weighted by Gasteiger charge is -2.36. The summed E-state index contributed by atoms with van der Waals surface area (Å²) in [4.78, 5) is 25.9. The van der Waals surface area contributed by atoms with Gasteiger partial charge in [-0.05, 0) is 25.0 Å². The number of anilines is 1. The number of nitrogens with zero attached hydrogens (tertiary/aromatic N) is 4. The molecule has 30 heavy (non-hydrogen) atoms. The standard InChI is InChI=1S/C25H28N4O/c1-18-9-7-8-12-22(18)17-23-19(2)26-24(21-10-5-4-6-11-21)27-25(23)29-15-13-28(14-16-29)20(3)30/h4-12H,13-17H2,1-3H3. The number of rotatable bonds is 4. The van der Waals surface area contributed by atoms with E-state index in [4.69, 9.17) is 9.97 Å². The third kappa shape index (κ3) is 4.20. The van der Waals surface area contributed by atoms with E-state index in [0.29, 0.717) is 0 Å². The van der Waals surface area contributed by atoms with Crippen LogP contribution in [0.5, 0.6) is 0 Å². The topological polar surface area (TPSA) is 49.3 Å². The number of hydrogen-bond donors (Lipinski definition) is 0. The number of hydrogen-bond acceptors (Lipinski definition) is 4. The molecule has 0 saturated carbocycles. The predicted octanol–water partition coefficient (Wildman–Crippen LogP) is 4.02. The van der Waals surface area contributed by atoms with Crippen molar-refractivity contribution in [1.82, 2.24) is 14.9 Å². The summed E-state index contributed by atoms with van der Waals surface area (Å²) in [7, 11) is 0. The van der Waals surface area contributed by atoms with Crippen molar-refractivity contribution in [2.45, 2.75) is 27.2 Å². The number of aryl methyl sites for hydroxylation is 2. The van der Waals surface area contributed by atoms with Crippen molar-refractivity contribution in [2.75, 3.05) is 31.1 Å². The molecule has 4 rings (SSSR count). The van der Waals surface area contributed by atoms with Crippen LogP contribution in [-0.4, -0.2) is 47.0 Å². The number of carbonyl (C=O) groups is 1. The molecule has 1 aromatic heterocycles. The Labute approximate surface area is 178 Å². The van der Waals surface area contributed by atoms with Crippen LogP contribution in [0.1, 0.15) is 29.3 Å². The van der Waals surface area contributed by atoms with Crippen molar-refractivity contribution in [3.05, 3.63) is 77.0 Å². The van der Waals surface area contributed by atoms with Gasteiger partial charge in [-0.2, -0.15) is 0 Å². The van der Waals surface area contributed by atoms with Crippen molar-refractivity contribution >= 4 is 11.7 Å². The summed E-state index contributed by atoms with van der Waals surface area (Å²) in [6.07, 6.45) is 0.801. The van der Waals surface area contributed by atoms with E-state index in [1.807, 2.05) is 35.2 Å². The molecule has 1 amide bonds. The van der Waals surface area contributed by atoms with Crippen molar-refractivity contribution in [2.24, 2.45) is 0 Å². The maximum absolute atomic E-state index is 11.8. The monoisotopic (exact) mass is 400 g/mol. The fourth-order valence-corrected chi connectivity index (χ4v) is 4.00. The van der Waals surface area contributed by atoms with Crippen molar-refractivity contribution < 1.29 is 4.79 Å². The molecule has 2 aromatic carbocycles. The molecular weight excluding hydrogens is 372 g/mol. The van der Waals surface area contributed by atoms with Gasteiger partial charge in [-0.15, -0.1) is 0 Å². The van der Waals surface area contributed by atoms with Gasteiger partial charge in [0.25, 0.3) is 0 Å². The molecule has 1 saturated heterocycles. The second kappa shape index (κ2) is 8.66. The van der Waals surface area contributed by atoms with E-state index in [2.05, 4.69) is 43.0 Å². The molecule has 3 aromatic rings. The molecule has 5 heteroatoms. The van der Waals surface area contributed by atoms with Gasteiger partial charge in [0.1, 0.15) is 5.82 Å². The highest BCUT2D eigenvalue weighted by molar-refractivity contribution is 5.73. The van der Waals surface area contributed by atoms with Crippen molar-refractivity contribution in [1.29, 1.82) is 0 Å². The van der Waals surface area contributed by atoms with Gasteiger partial charge < -0.3 is 9.80 Å².